The maximum atomic E-state index is 12.3. The van der Waals surface area contributed by atoms with Gasteiger partial charge in [-0.05, 0) is 37.3 Å². The van der Waals surface area contributed by atoms with Crippen LogP contribution in [0.2, 0.25) is 0 Å². The van der Waals surface area contributed by atoms with Crippen LogP contribution in [-0.2, 0) is 11.3 Å². The molecule has 1 N–H and O–H groups in total. The second-order valence-electron chi connectivity index (χ2n) is 6.57. The number of hydrogen-bond donors (Lipinski definition) is 1. The maximum absolute atomic E-state index is 12.3. The van der Waals surface area contributed by atoms with Crippen molar-refractivity contribution in [2.45, 2.75) is 13.5 Å². The van der Waals surface area contributed by atoms with Gasteiger partial charge in [0.1, 0.15) is 6.54 Å². The van der Waals surface area contributed by atoms with Crippen molar-refractivity contribution in [3.63, 3.8) is 0 Å². The van der Waals surface area contributed by atoms with Crippen molar-refractivity contribution in [3.05, 3.63) is 76.6 Å². The fourth-order valence-electron chi connectivity index (χ4n) is 2.62. The first-order valence-corrected chi connectivity index (χ1v) is 8.65. The molecule has 0 unspecified atom stereocenters. The number of nitrogens with zero attached hydrogens (tertiary/aromatic N) is 3. The highest BCUT2D eigenvalue weighted by Crippen LogP contribution is 2.17. The molecule has 0 aliphatic rings. The summed E-state index contributed by atoms with van der Waals surface area (Å²) in [4.78, 5) is 26.4. The van der Waals surface area contributed by atoms with Crippen molar-refractivity contribution in [1.29, 1.82) is 0 Å². The molecular weight excluding hydrogens is 340 g/mol. The van der Waals surface area contributed by atoms with Crippen molar-refractivity contribution in [2.75, 3.05) is 24.3 Å². The number of hydrogen-bond acceptors (Lipinski definition) is 4. The summed E-state index contributed by atoms with van der Waals surface area (Å²) in [6.45, 7) is 1.86. The molecule has 0 saturated heterocycles. The molecule has 3 aromatic rings. The first-order valence-electron chi connectivity index (χ1n) is 8.65. The lowest BCUT2D eigenvalue weighted by molar-refractivity contribution is -0.117. The number of benzene rings is 2. The van der Waals surface area contributed by atoms with Crippen LogP contribution in [0, 0.1) is 6.92 Å². The Labute approximate surface area is 158 Å². The first kappa shape index (κ1) is 18.4. The van der Waals surface area contributed by atoms with Crippen LogP contribution in [0.3, 0.4) is 0 Å². The molecule has 1 amide bonds. The van der Waals surface area contributed by atoms with Gasteiger partial charge in [0, 0.05) is 37.1 Å². The number of aryl methyl sites for hydroxylation is 1. The monoisotopic (exact) mass is 362 g/mol. The Morgan fingerprint density at radius 3 is 2.30 bits per heavy atom. The van der Waals surface area contributed by atoms with E-state index < -0.39 is 0 Å². The van der Waals surface area contributed by atoms with Crippen molar-refractivity contribution < 1.29 is 4.79 Å². The molecule has 0 aliphatic carbocycles. The van der Waals surface area contributed by atoms with E-state index in [1.54, 1.807) is 6.07 Å². The van der Waals surface area contributed by atoms with E-state index in [9.17, 15) is 9.59 Å². The molecule has 0 atom stereocenters. The zero-order valence-electron chi connectivity index (χ0n) is 15.6. The number of carbonyl (C=O) groups is 1. The van der Waals surface area contributed by atoms with E-state index in [-0.39, 0.29) is 18.0 Å². The minimum absolute atomic E-state index is 0.145. The van der Waals surface area contributed by atoms with Crippen LogP contribution >= 0.6 is 0 Å². The number of aromatic nitrogens is 2. The second-order valence-corrected chi connectivity index (χ2v) is 6.57. The Kier molecular flexibility index (Phi) is 5.35. The summed E-state index contributed by atoms with van der Waals surface area (Å²) in [5.41, 5.74) is 4.09. The molecule has 2 aromatic carbocycles. The van der Waals surface area contributed by atoms with E-state index in [1.807, 2.05) is 74.4 Å². The normalized spacial score (nSPS) is 10.5. The van der Waals surface area contributed by atoms with Gasteiger partial charge in [0.15, 0.2) is 0 Å². The summed E-state index contributed by atoms with van der Waals surface area (Å²) in [6.07, 6.45) is 0. The molecule has 0 aliphatic heterocycles. The number of rotatable bonds is 5. The third kappa shape index (κ3) is 4.61. The summed E-state index contributed by atoms with van der Waals surface area (Å²) < 4.78 is 1.18. The zero-order chi connectivity index (χ0) is 19.4. The Morgan fingerprint density at radius 2 is 1.67 bits per heavy atom. The third-order valence-corrected chi connectivity index (χ3v) is 4.17. The minimum Gasteiger partial charge on any atom is -0.378 e. The molecule has 6 heteroatoms. The van der Waals surface area contributed by atoms with E-state index in [1.165, 1.54) is 10.7 Å². The van der Waals surface area contributed by atoms with E-state index >= 15 is 0 Å². The molecule has 0 spiro atoms. The summed E-state index contributed by atoms with van der Waals surface area (Å²) in [5, 5.41) is 7.12. The molecule has 27 heavy (non-hydrogen) atoms. The molecule has 0 bridgehead atoms. The Bertz CT molecular complexity index is 990. The van der Waals surface area contributed by atoms with Crippen LogP contribution in [0.25, 0.3) is 11.3 Å². The predicted octanol–water partition coefficient (Wildman–Crippen LogP) is 2.92. The van der Waals surface area contributed by atoms with Gasteiger partial charge in [-0.2, -0.15) is 5.10 Å². The van der Waals surface area contributed by atoms with E-state index in [0.717, 1.165) is 16.8 Å². The number of carbonyl (C=O) groups excluding carboxylic acids is 1. The topological polar surface area (TPSA) is 67.2 Å². The lowest BCUT2D eigenvalue weighted by Crippen LogP contribution is -2.29. The zero-order valence-corrected chi connectivity index (χ0v) is 15.6. The number of amides is 1. The number of anilines is 2. The maximum Gasteiger partial charge on any atom is 0.267 e. The fourth-order valence-corrected chi connectivity index (χ4v) is 2.62. The highest BCUT2D eigenvalue weighted by Gasteiger charge is 2.09. The van der Waals surface area contributed by atoms with Crippen molar-refractivity contribution in [2.24, 2.45) is 0 Å². The Balaban J connectivity index is 1.74. The fraction of sp³-hybridized carbons (Fsp3) is 0.190. The van der Waals surface area contributed by atoms with Gasteiger partial charge in [0.2, 0.25) is 5.91 Å². The quantitative estimate of drug-likeness (QED) is 0.758. The summed E-state index contributed by atoms with van der Waals surface area (Å²) in [7, 11) is 3.90. The summed E-state index contributed by atoms with van der Waals surface area (Å²) in [5.74, 6) is -0.303. The second kappa shape index (κ2) is 7.86. The molecule has 138 valence electrons. The highest BCUT2D eigenvalue weighted by atomic mass is 16.2. The van der Waals surface area contributed by atoms with E-state index in [0.29, 0.717) is 11.4 Å². The average molecular weight is 362 g/mol. The summed E-state index contributed by atoms with van der Waals surface area (Å²) in [6, 6.07) is 18.4. The van der Waals surface area contributed by atoms with Gasteiger partial charge in [0.25, 0.3) is 5.56 Å². The van der Waals surface area contributed by atoms with Crippen LogP contribution in [0.1, 0.15) is 5.56 Å². The Hall–Kier alpha value is -3.41. The van der Waals surface area contributed by atoms with Gasteiger partial charge in [0.05, 0.1) is 5.69 Å². The van der Waals surface area contributed by atoms with Crippen molar-refractivity contribution >= 4 is 17.3 Å². The van der Waals surface area contributed by atoms with Crippen LogP contribution < -0.4 is 15.8 Å². The van der Waals surface area contributed by atoms with Crippen molar-refractivity contribution in [1.82, 2.24) is 9.78 Å². The van der Waals surface area contributed by atoms with Crippen LogP contribution in [0.4, 0.5) is 11.4 Å². The highest BCUT2D eigenvalue weighted by molar-refractivity contribution is 5.90. The van der Waals surface area contributed by atoms with Crippen LogP contribution in [0.5, 0.6) is 0 Å². The molecule has 3 rings (SSSR count). The summed E-state index contributed by atoms with van der Waals surface area (Å²) >= 11 is 0. The van der Waals surface area contributed by atoms with Gasteiger partial charge in [-0.25, -0.2) is 4.68 Å². The third-order valence-electron chi connectivity index (χ3n) is 4.17. The van der Waals surface area contributed by atoms with E-state index in [4.69, 9.17) is 0 Å². The molecule has 1 heterocycles. The van der Waals surface area contributed by atoms with Crippen molar-refractivity contribution in [3.8, 4) is 11.3 Å². The predicted molar refractivity (Wildman–Crippen MR) is 108 cm³/mol. The van der Waals surface area contributed by atoms with Gasteiger partial charge < -0.3 is 10.2 Å². The molecule has 0 fully saturated rings. The van der Waals surface area contributed by atoms with Crippen LogP contribution in [-0.4, -0.2) is 29.8 Å². The van der Waals surface area contributed by atoms with E-state index in [2.05, 4.69) is 10.4 Å². The molecule has 0 radical (unpaired) electrons. The van der Waals surface area contributed by atoms with Gasteiger partial charge in [-0.3, -0.25) is 9.59 Å². The lowest BCUT2D eigenvalue weighted by Gasteiger charge is -2.13. The standard InChI is InChI=1S/C21H22N4O2/c1-15-4-6-16(7-5-15)19-12-13-21(27)25(23-19)14-20(26)22-17-8-10-18(11-9-17)24(2)3/h4-13H,14H2,1-3H3,(H,22,26). The largest absolute Gasteiger partial charge is 0.378 e. The smallest absolute Gasteiger partial charge is 0.267 e. The SMILES string of the molecule is Cc1ccc(-c2ccc(=O)n(CC(=O)Nc3ccc(N(C)C)cc3)n2)cc1. The lowest BCUT2D eigenvalue weighted by atomic mass is 10.1. The molecule has 6 nitrogen and oxygen atoms in total. The van der Waals surface area contributed by atoms with Crippen LogP contribution in [0.15, 0.2) is 65.5 Å². The minimum atomic E-state index is -0.316. The first-order chi connectivity index (χ1) is 12.9. The molecular formula is C21H22N4O2. The van der Waals surface area contributed by atoms with Gasteiger partial charge >= 0.3 is 0 Å². The molecule has 1 aromatic heterocycles. The Morgan fingerprint density at radius 1 is 1.00 bits per heavy atom. The molecule has 0 saturated carbocycles. The van der Waals surface area contributed by atoms with Gasteiger partial charge in [-0.1, -0.05) is 29.8 Å². The number of nitrogens with one attached hydrogen (secondary N) is 1. The average Bonchev–Trinajstić information content (AvgIpc) is 2.64. The van der Waals surface area contributed by atoms with Gasteiger partial charge in [-0.15, -0.1) is 0 Å².